The van der Waals surface area contributed by atoms with E-state index < -0.39 is 0 Å². The molecule has 0 bridgehead atoms. The lowest BCUT2D eigenvalue weighted by atomic mass is 10.3. The number of hydrogen-bond acceptors (Lipinski definition) is 4. The lowest BCUT2D eigenvalue weighted by Crippen LogP contribution is -2.03. The number of carbonyl (C=O) groups excluding carboxylic acids is 1. The van der Waals surface area contributed by atoms with Crippen LogP contribution in [0.2, 0.25) is 0 Å². The van der Waals surface area contributed by atoms with Gasteiger partial charge in [-0.15, -0.1) is 11.8 Å². The summed E-state index contributed by atoms with van der Waals surface area (Å²) >= 11 is 1.59. The van der Waals surface area contributed by atoms with Gasteiger partial charge in [0.2, 0.25) is 0 Å². The first-order valence-corrected chi connectivity index (χ1v) is 4.98. The van der Waals surface area contributed by atoms with Crippen LogP contribution >= 0.6 is 11.8 Å². The topological polar surface area (TPSA) is 52.3 Å². The Morgan fingerprint density at radius 2 is 2.23 bits per heavy atom. The number of benzene rings is 1. The minimum absolute atomic E-state index is 0.358. The summed E-state index contributed by atoms with van der Waals surface area (Å²) in [5.41, 5.74) is 6.14. The van der Waals surface area contributed by atoms with Crippen molar-refractivity contribution in [1.29, 1.82) is 0 Å². The van der Waals surface area contributed by atoms with Crippen molar-refractivity contribution in [2.45, 2.75) is 11.8 Å². The number of hydrogen-bond donors (Lipinski definition) is 1. The van der Waals surface area contributed by atoms with Gasteiger partial charge in [-0.25, -0.2) is 0 Å². The number of nitrogens with two attached hydrogens (primary N) is 1. The molecular formula is C9H11NO2S. The van der Waals surface area contributed by atoms with Gasteiger partial charge in [0.1, 0.15) is 0 Å². The van der Waals surface area contributed by atoms with Gasteiger partial charge in [-0.2, -0.15) is 0 Å². The van der Waals surface area contributed by atoms with E-state index in [-0.39, 0.29) is 5.97 Å². The zero-order valence-corrected chi connectivity index (χ0v) is 8.35. The molecule has 70 valence electrons. The van der Waals surface area contributed by atoms with E-state index in [0.29, 0.717) is 11.4 Å². The molecule has 0 fully saturated rings. The molecule has 0 aliphatic rings. The fourth-order valence-corrected chi connectivity index (χ4v) is 1.35. The third-order valence-corrected chi connectivity index (χ3v) is 2.20. The van der Waals surface area contributed by atoms with Crippen LogP contribution in [-0.4, -0.2) is 12.2 Å². The van der Waals surface area contributed by atoms with Gasteiger partial charge in [0.05, 0.1) is 5.69 Å². The minimum Gasteiger partial charge on any atom is -0.425 e. The lowest BCUT2D eigenvalue weighted by molar-refractivity contribution is -0.131. The Hall–Kier alpha value is -1.16. The fourth-order valence-electron chi connectivity index (χ4n) is 0.901. The van der Waals surface area contributed by atoms with Crippen LogP contribution in [0.4, 0.5) is 5.69 Å². The van der Waals surface area contributed by atoms with E-state index in [0.717, 1.165) is 4.90 Å². The number of anilines is 1. The van der Waals surface area contributed by atoms with Crippen LogP contribution in [0.5, 0.6) is 5.75 Å². The third-order valence-electron chi connectivity index (χ3n) is 1.47. The third kappa shape index (κ3) is 2.66. The van der Waals surface area contributed by atoms with Crippen molar-refractivity contribution in [3.05, 3.63) is 18.2 Å². The molecule has 0 saturated heterocycles. The Balaban J connectivity index is 2.91. The normalized spacial score (nSPS) is 9.69. The molecule has 0 aromatic heterocycles. The maximum Gasteiger partial charge on any atom is 0.308 e. The highest BCUT2D eigenvalue weighted by Crippen LogP contribution is 2.26. The van der Waals surface area contributed by atoms with Crippen LogP contribution in [-0.2, 0) is 4.79 Å². The predicted molar refractivity (Wildman–Crippen MR) is 53.9 cm³/mol. The maximum atomic E-state index is 10.6. The standard InChI is InChI=1S/C9H11NO2S/c1-6(11)12-9-4-3-7(13-2)5-8(9)10/h3-5H,10H2,1-2H3. The summed E-state index contributed by atoms with van der Waals surface area (Å²) in [6.45, 7) is 1.35. The van der Waals surface area contributed by atoms with Gasteiger partial charge in [-0.1, -0.05) is 0 Å². The molecule has 0 radical (unpaired) electrons. The Labute approximate surface area is 81.3 Å². The van der Waals surface area contributed by atoms with Crippen molar-refractivity contribution >= 4 is 23.4 Å². The number of nitrogen functional groups attached to an aromatic ring is 1. The first-order chi connectivity index (χ1) is 6.13. The molecule has 2 N–H and O–H groups in total. The van der Waals surface area contributed by atoms with Crippen molar-refractivity contribution < 1.29 is 9.53 Å². The fraction of sp³-hybridized carbons (Fsp3) is 0.222. The van der Waals surface area contributed by atoms with Gasteiger partial charge in [-0.3, -0.25) is 4.79 Å². The van der Waals surface area contributed by atoms with E-state index in [1.54, 1.807) is 23.9 Å². The minimum atomic E-state index is -0.358. The van der Waals surface area contributed by atoms with E-state index >= 15 is 0 Å². The number of carbonyl (C=O) groups is 1. The first-order valence-electron chi connectivity index (χ1n) is 3.75. The van der Waals surface area contributed by atoms with Crippen LogP contribution in [0.1, 0.15) is 6.92 Å². The molecule has 3 nitrogen and oxygen atoms in total. The molecule has 1 rings (SSSR count). The second-order valence-electron chi connectivity index (χ2n) is 2.50. The second kappa shape index (κ2) is 4.18. The molecule has 0 atom stereocenters. The summed E-state index contributed by atoms with van der Waals surface area (Å²) in [4.78, 5) is 11.7. The van der Waals surface area contributed by atoms with Crippen LogP contribution < -0.4 is 10.5 Å². The van der Waals surface area contributed by atoms with Crippen molar-refractivity contribution in [2.75, 3.05) is 12.0 Å². The van der Waals surface area contributed by atoms with Gasteiger partial charge < -0.3 is 10.5 Å². The number of thioether (sulfide) groups is 1. The highest BCUT2D eigenvalue weighted by Gasteiger charge is 2.03. The average Bonchev–Trinajstić information content (AvgIpc) is 2.08. The monoisotopic (exact) mass is 197 g/mol. The zero-order chi connectivity index (χ0) is 9.84. The largest absolute Gasteiger partial charge is 0.425 e. The molecule has 0 heterocycles. The SMILES string of the molecule is CSc1ccc(OC(C)=O)c(N)c1. The summed E-state index contributed by atoms with van der Waals surface area (Å²) in [5.74, 6) is 0.0638. The average molecular weight is 197 g/mol. The molecule has 0 spiro atoms. The van der Waals surface area contributed by atoms with Crippen LogP contribution in [0.25, 0.3) is 0 Å². The lowest BCUT2D eigenvalue weighted by Gasteiger charge is -2.05. The van der Waals surface area contributed by atoms with Crippen molar-refractivity contribution in [3.63, 3.8) is 0 Å². The summed E-state index contributed by atoms with van der Waals surface area (Å²) in [7, 11) is 0. The molecular weight excluding hydrogens is 186 g/mol. The maximum absolute atomic E-state index is 10.6. The molecule has 0 aliphatic heterocycles. The van der Waals surface area contributed by atoms with Crippen LogP contribution in [0.3, 0.4) is 0 Å². The van der Waals surface area contributed by atoms with Crippen molar-refractivity contribution in [1.82, 2.24) is 0 Å². The van der Waals surface area contributed by atoms with Gasteiger partial charge >= 0.3 is 5.97 Å². The molecule has 1 aromatic rings. The zero-order valence-electron chi connectivity index (χ0n) is 7.53. The first kappa shape index (κ1) is 9.92. The molecule has 13 heavy (non-hydrogen) atoms. The Bertz CT molecular complexity index is 325. The number of ether oxygens (including phenoxy) is 1. The van der Waals surface area contributed by atoms with Crippen LogP contribution in [0.15, 0.2) is 23.1 Å². The molecule has 0 amide bonds. The molecule has 4 heteroatoms. The highest BCUT2D eigenvalue weighted by atomic mass is 32.2. The van der Waals surface area contributed by atoms with E-state index in [2.05, 4.69) is 0 Å². The Morgan fingerprint density at radius 3 is 2.69 bits per heavy atom. The quantitative estimate of drug-likeness (QED) is 0.340. The molecule has 0 saturated carbocycles. The van der Waals surface area contributed by atoms with Gasteiger partial charge in [0.15, 0.2) is 5.75 Å². The Kier molecular flexibility index (Phi) is 3.19. The van der Waals surface area contributed by atoms with E-state index in [1.165, 1.54) is 6.92 Å². The van der Waals surface area contributed by atoms with E-state index in [9.17, 15) is 4.79 Å². The summed E-state index contributed by atoms with van der Waals surface area (Å²) < 4.78 is 4.87. The predicted octanol–water partition coefficient (Wildman–Crippen LogP) is 1.92. The van der Waals surface area contributed by atoms with Gasteiger partial charge in [-0.05, 0) is 24.5 Å². The molecule has 1 aromatic carbocycles. The van der Waals surface area contributed by atoms with E-state index in [4.69, 9.17) is 10.5 Å². The van der Waals surface area contributed by atoms with Crippen molar-refractivity contribution in [2.24, 2.45) is 0 Å². The summed E-state index contributed by atoms with van der Waals surface area (Å²) in [6.07, 6.45) is 1.96. The van der Waals surface area contributed by atoms with Crippen molar-refractivity contribution in [3.8, 4) is 5.75 Å². The number of esters is 1. The number of rotatable bonds is 2. The van der Waals surface area contributed by atoms with Gasteiger partial charge in [0.25, 0.3) is 0 Å². The van der Waals surface area contributed by atoms with E-state index in [1.807, 2.05) is 12.3 Å². The molecule has 0 aliphatic carbocycles. The Morgan fingerprint density at radius 1 is 1.54 bits per heavy atom. The smallest absolute Gasteiger partial charge is 0.308 e. The highest BCUT2D eigenvalue weighted by molar-refractivity contribution is 7.98. The van der Waals surface area contributed by atoms with Gasteiger partial charge in [0, 0.05) is 11.8 Å². The summed E-state index contributed by atoms with van der Waals surface area (Å²) in [6, 6.07) is 5.34. The molecule has 0 unspecified atom stereocenters. The second-order valence-corrected chi connectivity index (χ2v) is 3.38. The summed E-state index contributed by atoms with van der Waals surface area (Å²) in [5, 5.41) is 0. The van der Waals surface area contributed by atoms with Crippen LogP contribution in [0, 0.1) is 0 Å².